The minimum atomic E-state index is -2.02. The van der Waals surface area contributed by atoms with Gasteiger partial charge < -0.3 is 14.0 Å². The fourth-order valence-corrected chi connectivity index (χ4v) is 8.89. The molecule has 0 aromatic heterocycles. The topological polar surface area (TPSA) is 85.3 Å². The molecule has 6 aliphatic rings. The second-order valence-corrected chi connectivity index (χ2v) is 13.4. The first-order valence-electron chi connectivity index (χ1n) is 14.8. The smallest absolute Gasteiger partial charge is 0.360 e. The number of aliphatic hydroxyl groups is 1. The van der Waals surface area contributed by atoms with Gasteiger partial charge in [0.1, 0.15) is 0 Å². The fourth-order valence-electron chi connectivity index (χ4n) is 8.35. The van der Waals surface area contributed by atoms with E-state index in [2.05, 4.69) is 35.2 Å². The van der Waals surface area contributed by atoms with E-state index < -0.39 is 28.5 Å². The Labute approximate surface area is 237 Å². The van der Waals surface area contributed by atoms with Crippen LogP contribution in [0.3, 0.4) is 0 Å². The number of carbonyl (C=O) groups excluding carboxylic acids is 1. The van der Waals surface area contributed by atoms with Crippen LogP contribution in [-0.2, 0) is 45.0 Å². The Balaban J connectivity index is 1.02. The first kappa shape index (κ1) is 25.2. The summed E-state index contributed by atoms with van der Waals surface area (Å²) in [5.41, 5.74) is 4.16. The number of ketones is 1. The summed E-state index contributed by atoms with van der Waals surface area (Å²) in [5, 5.41) is 12.4. The molecule has 2 saturated carbocycles. The number of ether oxygens (including phenoxy) is 1. The zero-order valence-electron chi connectivity index (χ0n) is 22.6. The van der Waals surface area contributed by atoms with E-state index in [4.69, 9.17) is 13.1 Å². The van der Waals surface area contributed by atoms with E-state index in [1.165, 1.54) is 29.5 Å². The first-order chi connectivity index (χ1) is 19.5. The quantitative estimate of drug-likeness (QED) is 0.489. The molecule has 210 valence electrons. The third-order valence-electron chi connectivity index (χ3n) is 10.5. The largest absolute Gasteiger partial charge is 0.477 e. The van der Waals surface area contributed by atoms with E-state index in [0.29, 0.717) is 37.2 Å². The number of benzene rings is 2. The number of rotatable bonds is 8. The second kappa shape index (κ2) is 9.24. The van der Waals surface area contributed by atoms with Crippen LogP contribution in [0.5, 0.6) is 11.5 Å². The van der Waals surface area contributed by atoms with Crippen LogP contribution in [0.4, 0.5) is 0 Å². The van der Waals surface area contributed by atoms with Crippen molar-refractivity contribution in [3.8, 4) is 11.5 Å². The molecule has 2 aromatic carbocycles. The van der Waals surface area contributed by atoms with Crippen molar-refractivity contribution in [2.75, 3.05) is 19.7 Å². The molecule has 40 heavy (non-hydrogen) atoms. The Morgan fingerprint density at radius 3 is 2.80 bits per heavy atom. The molecule has 2 aliphatic heterocycles. The minimum absolute atomic E-state index is 0.0233. The molecule has 1 saturated heterocycles. The Morgan fingerprint density at radius 1 is 1.10 bits per heavy atom. The van der Waals surface area contributed by atoms with E-state index in [9.17, 15) is 14.1 Å². The van der Waals surface area contributed by atoms with Crippen molar-refractivity contribution >= 4 is 17.1 Å². The Kier molecular flexibility index (Phi) is 5.83. The lowest BCUT2D eigenvalue weighted by Gasteiger charge is -2.62. The van der Waals surface area contributed by atoms with Gasteiger partial charge in [0.2, 0.25) is 0 Å². The Hall–Kier alpha value is -2.52. The highest BCUT2D eigenvalue weighted by Gasteiger charge is 2.73. The van der Waals surface area contributed by atoms with Gasteiger partial charge in [0, 0.05) is 24.6 Å². The Bertz CT molecular complexity index is 1450. The molecule has 7 nitrogen and oxygen atoms in total. The summed E-state index contributed by atoms with van der Waals surface area (Å²) in [4.78, 5) is 15.7. The lowest BCUT2D eigenvalue weighted by atomic mass is 9.49. The lowest BCUT2D eigenvalue weighted by molar-refractivity contribution is -0.188. The molecule has 4 aliphatic carbocycles. The molecule has 0 amide bonds. The monoisotopic (exact) mass is 561 g/mol. The SMILES string of the molecule is O=C1CCC2(O)C3Cc4ccc(OS(=O)OCCC5=CCc6ccccc6C5)c5c4C2(CCN3CC2CC2)C1O5. The molecular weight excluding hydrogens is 526 g/mol. The van der Waals surface area contributed by atoms with Crippen LogP contribution in [0.2, 0.25) is 0 Å². The van der Waals surface area contributed by atoms with E-state index >= 15 is 0 Å². The molecule has 5 unspecified atom stereocenters. The predicted molar refractivity (Wildman–Crippen MR) is 149 cm³/mol. The number of hydrogen-bond acceptors (Lipinski definition) is 7. The van der Waals surface area contributed by atoms with Crippen molar-refractivity contribution in [2.45, 2.75) is 80.9 Å². The number of fused-ring (bicyclic) bond motifs is 1. The van der Waals surface area contributed by atoms with Gasteiger partial charge >= 0.3 is 11.4 Å². The average Bonchev–Trinajstić information content (AvgIpc) is 3.70. The molecule has 2 bridgehead atoms. The van der Waals surface area contributed by atoms with Gasteiger partial charge in [0.15, 0.2) is 23.4 Å². The van der Waals surface area contributed by atoms with Crippen molar-refractivity contribution in [1.29, 1.82) is 0 Å². The standard InChI is InChI=1S/C32H35NO6S/c34-25-11-13-32(35)27-18-24-9-10-26(29-28(24)31(32,30(25)38-29)14-15-33(27)19-21-5-6-21)39-40(36)37-16-12-20-7-8-22-3-1-2-4-23(22)17-20/h1-4,7,9-10,21,27,30,35H,5-6,8,11-19H2. The summed E-state index contributed by atoms with van der Waals surface area (Å²) in [7, 11) is 0. The zero-order valence-corrected chi connectivity index (χ0v) is 23.4. The molecule has 2 heterocycles. The maximum atomic E-state index is 13.3. The van der Waals surface area contributed by atoms with Gasteiger partial charge in [-0.15, -0.1) is 0 Å². The van der Waals surface area contributed by atoms with Crippen LogP contribution in [0, 0.1) is 5.92 Å². The van der Waals surface area contributed by atoms with Crippen LogP contribution < -0.4 is 8.92 Å². The number of nitrogens with zero attached hydrogens (tertiary/aromatic N) is 1. The molecule has 1 N–H and O–H groups in total. The van der Waals surface area contributed by atoms with Crippen molar-refractivity contribution in [2.24, 2.45) is 5.92 Å². The maximum Gasteiger partial charge on any atom is 0.360 e. The first-order valence-corrected chi connectivity index (χ1v) is 15.8. The van der Waals surface area contributed by atoms with Crippen LogP contribution >= 0.6 is 0 Å². The van der Waals surface area contributed by atoms with Crippen LogP contribution in [0.25, 0.3) is 0 Å². The molecule has 5 atom stereocenters. The van der Waals surface area contributed by atoms with Gasteiger partial charge in [-0.3, -0.25) is 13.9 Å². The summed E-state index contributed by atoms with van der Waals surface area (Å²) in [6, 6.07) is 12.2. The molecule has 0 radical (unpaired) electrons. The van der Waals surface area contributed by atoms with Gasteiger partial charge in [-0.25, -0.2) is 0 Å². The summed E-state index contributed by atoms with van der Waals surface area (Å²) in [5.74, 6) is 1.55. The average molecular weight is 562 g/mol. The van der Waals surface area contributed by atoms with Gasteiger partial charge in [0.05, 0.1) is 17.6 Å². The molecular formula is C32H35NO6S. The van der Waals surface area contributed by atoms with Gasteiger partial charge in [0.25, 0.3) is 0 Å². The minimum Gasteiger partial charge on any atom is -0.477 e. The molecule has 2 aromatic rings. The van der Waals surface area contributed by atoms with E-state index in [1.807, 2.05) is 6.07 Å². The van der Waals surface area contributed by atoms with Crippen molar-refractivity contribution < 1.29 is 27.2 Å². The Morgan fingerprint density at radius 2 is 1.95 bits per heavy atom. The van der Waals surface area contributed by atoms with E-state index in [-0.39, 0.29) is 18.4 Å². The summed E-state index contributed by atoms with van der Waals surface area (Å²) in [6.45, 7) is 2.15. The number of Topliss-reactive ketones (excluding diaryl/α,β-unsaturated/α-hetero) is 1. The highest BCUT2D eigenvalue weighted by Crippen LogP contribution is 2.65. The molecule has 8 rings (SSSR count). The van der Waals surface area contributed by atoms with Crippen LogP contribution in [0.15, 0.2) is 48.0 Å². The normalized spacial score (nSPS) is 32.5. The highest BCUT2D eigenvalue weighted by molar-refractivity contribution is 7.75. The van der Waals surface area contributed by atoms with E-state index in [1.54, 1.807) is 6.07 Å². The third-order valence-corrected chi connectivity index (χ3v) is 11.1. The molecule has 8 heteroatoms. The van der Waals surface area contributed by atoms with Gasteiger partial charge in [-0.1, -0.05) is 42.0 Å². The number of hydrogen-bond donors (Lipinski definition) is 1. The van der Waals surface area contributed by atoms with Crippen molar-refractivity contribution in [3.05, 3.63) is 70.3 Å². The van der Waals surface area contributed by atoms with Crippen molar-refractivity contribution in [1.82, 2.24) is 4.90 Å². The molecule has 3 fully saturated rings. The second-order valence-electron chi connectivity index (χ2n) is 12.6. The zero-order chi connectivity index (χ0) is 27.1. The van der Waals surface area contributed by atoms with Crippen molar-refractivity contribution in [3.63, 3.8) is 0 Å². The van der Waals surface area contributed by atoms with E-state index in [0.717, 1.165) is 49.4 Å². The predicted octanol–water partition coefficient (Wildman–Crippen LogP) is 3.91. The number of piperidine rings is 1. The highest BCUT2D eigenvalue weighted by atomic mass is 32.2. The van der Waals surface area contributed by atoms with Gasteiger partial charge in [-0.2, -0.15) is 4.21 Å². The number of likely N-dealkylation sites (tertiary alicyclic amines) is 1. The number of allylic oxidation sites excluding steroid dienone is 1. The summed E-state index contributed by atoms with van der Waals surface area (Å²) >= 11 is -2.02. The summed E-state index contributed by atoms with van der Waals surface area (Å²) < 4.78 is 30.7. The van der Waals surface area contributed by atoms with Crippen LogP contribution in [-0.4, -0.2) is 57.4 Å². The lowest BCUT2D eigenvalue weighted by Crippen LogP contribution is -2.76. The number of carbonyl (C=O) groups is 1. The summed E-state index contributed by atoms with van der Waals surface area (Å²) in [6.07, 6.45) is 8.67. The molecule has 1 spiro atoms. The van der Waals surface area contributed by atoms with Gasteiger partial charge in [-0.05, 0) is 86.6 Å². The van der Waals surface area contributed by atoms with Crippen LogP contribution in [0.1, 0.15) is 60.8 Å². The maximum absolute atomic E-state index is 13.3. The third kappa shape index (κ3) is 3.72. The fraction of sp³-hybridized carbons (Fsp3) is 0.531.